The van der Waals surface area contributed by atoms with E-state index in [1.54, 1.807) is 12.1 Å². The Labute approximate surface area is 87.8 Å². The first-order chi connectivity index (χ1) is 6.92. The fourth-order valence-corrected chi connectivity index (χ4v) is 2.66. The molecule has 0 spiro atoms. The van der Waals surface area contributed by atoms with Gasteiger partial charge in [0.1, 0.15) is 4.90 Å². The monoisotopic (exact) mass is 226 g/mol. The summed E-state index contributed by atoms with van der Waals surface area (Å²) in [6.45, 7) is 1.84. The van der Waals surface area contributed by atoms with Crippen LogP contribution >= 0.6 is 0 Å². The highest BCUT2D eigenvalue weighted by molar-refractivity contribution is 7.90. The van der Waals surface area contributed by atoms with Crippen LogP contribution in [0.1, 0.15) is 5.56 Å². The summed E-state index contributed by atoms with van der Waals surface area (Å²) < 4.78 is 25.1. The maximum Gasteiger partial charge on any atom is 0.335 e. The van der Waals surface area contributed by atoms with Gasteiger partial charge in [0, 0.05) is 7.05 Å². The minimum absolute atomic E-state index is 0.134. The summed E-state index contributed by atoms with van der Waals surface area (Å²) in [5.41, 5.74) is 1.32. The summed E-state index contributed by atoms with van der Waals surface area (Å²) in [5, 5.41) is 0. The molecule has 1 aromatic rings. The molecule has 0 fully saturated rings. The van der Waals surface area contributed by atoms with Crippen LogP contribution in [0.5, 0.6) is 0 Å². The molecule has 0 radical (unpaired) electrons. The van der Waals surface area contributed by atoms with Crippen LogP contribution in [0.25, 0.3) is 0 Å². The first kappa shape index (κ1) is 9.97. The van der Waals surface area contributed by atoms with Crippen LogP contribution in [0.3, 0.4) is 0 Å². The van der Waals surface area contributed by atoms with Crippen molar-refractivity contribution in [2.75, 3.05) is 11.9 Å². The number of aryl methyl sites for hydroxylation is 1. The largest absolute Gasteiger partial charge is 0.335 e. The first-order valence-corrected chi connectivity index (χ1v) is 5.81. The molecule has 0 saturated heterocycles. The third-order valence-corrected chi connectivity index (χ3v) is 3.66. The Balaban J connectivity index is 2.75. The van der Waals surface area contributed by atoms with Gasteiger partial charge in [0.25, 0.3) is 10.0 Å². The zero-order valence-corrected chi connectivity index (χ0v) is 9.13. The summed E-state index contributed by atoms with van der Waals surface area (Å²) in [4.78, 5) is 12.7. The number of nitrogens with one attached hydrogen (secondary N) is 1. The number of sulfonamides is 1. The molecule has 0 aliphatic carbocycles. The Kier molecular flexibility index (Phi) is 1.97. The van der Waals surface area contributed by atoms with Gasteiger partial charge in [-0.1, -0.05) is 6.07 Å². The van der Waals surface area contributed by atoms with Crippen LogP contribution in [0, 0.1) is 6.92 Å². The lowest BCUT2D eigenvalue weighted by molar-refractivity contribution is 0.251. The van der Waals surface area contributed by atoms with Crippen LogP contribution in [0.15, 0.2) is 23.1 Å². The van der Waals surface area contributed by atoms with Gasteiger partial charge in [-0.2, -0.15) is 0 Å². The highest BCUT2D eigenvalue weighted by atomic mass is 32.2. The van der Waals surface area contributed by atoms with E-state index in [4.69, 9.17) is 0 Å². The van der Waals surface area contributed by atoms with Gasteiger partial charge in [0.2, 0.25) is 0 Å². The lowest BCUT2D eigenvalue weighted by Crippen LogP contribution is -2.45. The molecular formula is C9H10N2O3S. The molecule has 80 valence electrons. The van der Waals surface area contributed by atoms with Gasteiger partial charge in [-0.25, -0.2) is 17.9 Å². The Morgan fingerprint density at radius 1 is 1.33 bits per heavy atom. The Morgan fingerprint density at radius 2 is 2.00 bits per heavy atom. The van der Waals surface area contributed by atoms with E-state index in [0.717, 1.165) is 5.56 Å². The van der Waals surface area contributed by atoms with Crippen molar-refractivity contribution in [3.8, 4) is 0 Å². The summed E-state index contributed by atoms with van der Waals surface area (Å²) in [5.74, 6) is 0. The quantitative estimate of drug-likeness (QED) is 0.713. The van der Waals surface area contributed by atoms with Gasteiger partial charge in [0.05, 0.1) is 5.69 Å². The van der Waals surface area contributed by atoms with Crippen molar-refractivity contribution in [1.29, 1.82) is 0 Å². The zero-order chi connectivity index (χ0) is 11.2. The van der Waals surface area contributed by atoms with Gasteiger partial charge in [0.15, 0.2) is 0 Å². The summed E-state index contributed by atoms with van der Waals surface area (Å²) in [6.07, 6.45) is 0. The number of anilines is 1. The van der Waals surface area contributed by atoms with E-state index in [-0.39, 0.29) is 4.90 Å². The highest BCUT2D eigenvalue weighted by Crippen LogP contribution is 2.28. The molecule has 1 heterocycles. The van der Waals surface area contributed by atoms with E-state index in [1.165, 1.54) is 18.0 Å². The molecule has 0 saturated carbocycles. The molecule has 0 atom stereocenters. The molecule has 2 amide bonds. The van der Waals surface area contributed by atoms with Crippen molar-refractivity contribution >= 4 is 21.7 Å². The van der Waals surface area contributed by atoms with Crippen LogP contribution < -0.4 is 9.62 Å². The van der Waals surface area contributed by atoms with Gasteiger partial charge < -0.3 is 0 Å². The first-order valence-electron chi connectivity index (χ1n) is 4.33. The number of rotatable bonds is 0. The van der Waals surface area contributed by atoms with E-state index < -0.39 is 16.1 Å². The number of urea groups is 1. The zero-order valence-electron chi connectivity index (χ0n) is 8.31. The number of nitrogens with zero attached hydrogens (tertiary/aromatic N) is 1. The van der Waals surface area contributed by atoms with Crippen molar-refractivity contribution in [3.05, 3.63) is 23.8 Å². The maximum absolute atomic E-state index is 11.6. The molecule has 0 aromatic heterocycles. The molecule has 2 rings (SSSR count). The molecule has 0 bridgehead atoms. The van der Waals surface area contributed by atoms with E-state index in [0.29, 0.717) is 5.69 Å². The predicted octanol–water partition coefficient (Wildman–Crippen LogP) is 0.843. The number of benzene rings is 1. The van der Waals surface area contributed by atoms with Crippen LogP contribution in [-0.4, -0.2) is 21.5 Å². The average molecular weight is 226 g/mol. The summed E-state index contributed by atoms with van der Waals surface area (Å²) in [6, 6.07) is 4.23. The number of amides is 2. The average Bonchev–Trinajstić information content (AvgIpc) is 2.13. The Bertz CT molecular complexity index is 536. The third-order valence-electron chi connectivity index (χ3n) is 2.29. The molecule has 1 aliphatic heterocycles. The van der Waals surface area contributed by atoms with Crippen LogP contribution in [0.2, 0.25) is 0 Å². The van der Waals surface area contributed by atoms with Crippen molar-refractivity contribution in [3.63, 3.8) is 0 Å². The van der Waals surface area contributed by atoms with E-state index in [2.05, 4.69) is 0 Å². The SMILES string of the molecule is Cc1ccc2c(c1)N(C)C(=O)NS2(=O)=O. The molecule has 1 aromatic carbocycles. The molecule has 5 nitrogen and oxygen atoms in total. The second-order valence-corrected chi connectivity index (χ2v) is 5.09. The fraction of sp³-hybridized carbons (Fsp3) is 0.222. The second-order valence-electron chi connectivity index (χ2n) is 3.44. The van der Waals surface area contributed by atoms with E-state index >= 15 is 0 Å². The predicted molar refractivity (Wildman–Crippen MR) is 55.3 cm³/mol. The van der Waals surface area contributed by atoms with Crippen molar-refractivity contribution < 1.29 is 13.2 Å². The maximum atomic E-state index is 11.6. The molecular weight excluding hydrogens is 216 g/mol. The smallest absolute Gasteiger partial charge is 0.295 e. The second kappa shape index (κ2) is 2.96. The molecule has 0 unspecified atom stereocenters. The minimum Gasteiger partial charge on any atom is -0.295 e. The summed E-state index contributed by atoms with van der Waals surface area (Å²) in [7, 11) is -2.15. The van der Waals surface area contributed by atoms with Crippen LogP contribution in [0.4, 0.5) is 10.5 Å². The molecule has 15 heavy (non-hydrogen) atoms. The van der Waals surface area contributed by atoms with Crippen LogP contribution in [-0.2, 0) is 10.0 Å². The molecule has 1 aliphatic rings. The van der Waals surface area contributed by atoms with Gasteiger partial charge >= 0.3 is 6.03 Å². The van der Waals surface area contributed by atoms with Gasteiger partial charge in [-0.3, -0.25) is 4.90 Å². The van der Waals surface area contributed by atoms with E-state index in [9.17, 15) is 13.2 Å². The van der Waals surface area contributed by atoms with Gasteiger partial charge in [-0.05, 0) is 24.6 Å². The normalized spacial score (nSPS) is 18.3. The highest BCUT2D eigenvalue weighted by Gasteiger charge is 2.31. The molecule has 6 heteroatoms. The standard InChI is InChI=1S/C9H10N2O3S/c1-6-3-4-8-7(5-6)11(2)9(12)10-15(8,13)14/h3-5H,1-2H3,(H,10,12). The number of hydrogen-bond acceptors (Lipinski definition) is 3. The van der Waals surface area contributed by atoms with Crippen molar-refractivity contribution in [1.82, 2.24) is 4.72 Å². The fourth-order valence-electron chi connectivity index (χ4n) is 1.46. The minimum atomic E-state index is -3.68. The Morgan fingerprint density at radius 3 is 2.67 bits per heavy atom. The lowest BCUT2D eigenvalue weighted by Gasteiger charge is -2.26. The summed E-state index contributed by atoms with van der Waals surface area (Å²) >= 11 is 0. The number of hydrogen-bond donors (Lipinski definition) is 1. The van der Waals surface area contributed by atoms with E-state index in [1.807, 2.05) is 11.6 Å². The van der Waals surface area contributed by atoms with Crippen molar-refractivity contribution in [2.45, 2.75) is 11.8 Å². The number of carbonyl (C=O) groups excluding carboxylic acids is 1. The number of carbonyl (C=O) groups is 1. The third kappa shape index (κ3) is 1.46. The van der Waals surface area contributed by atoms with Crippen molar-refractivity contribution in [2.24, 2.45) is 0 Å². The molecule has 1 N–H and O–H groups in total. The Hall–Kier alpha value is -1.56. The lowest BCUT2D eigenvalue weighted by atomic mass is 10.2. The topological polar surface area (TPSA) is 66.5 Å². The van der Waals surface area contributed by atoms with Gasteiger partial charge in [-0.15, -0.1) is 0 Å². The number of fused-ring (bicyclic) bond motifs is 1.